The summed E-state index contributed by atoms with van der Waals surface area (Å²) in [4.78, 5) is 26.5. The van der Waals surface area contributed by atoms with E-state index in [0.717, 1.165) is 11.0 Å². The maximum atomic E-state index is 13.1. The molecule has 0 spiro atoms. The molecule has 0 saturated heterocycles. The number of hydrogen-bond donors (Lipinski definition) is 1. The lowest BCUT2D eigenvalue weighted by molar-refractivity contribution is -0.144. The van der Waals surface area contributed by atoms with Crippen LogP contribution >= 0.6 is 69.6 Å². The molecule has 1 aliphatic heterocycles. The summed E-state index contributed by atoms with van der Waals surface area (Å²) < 4.78 is 28.2. The molecule has 0 aliphatic carbocycles. The van der Waals surface area contributed by atoms with Crippen LogP contribution < -0.4 is 4.72 Å². The van der Waals surface area contributed by atoms with Gasteiger partial charge in [0.25, 0.3) is 5.91 Å². The Hall–Kier alpha value is 0.330. The van der Waals surface area contributed by atoms with Gasteiger partial charge < -0.3 is 4.74 Å². The lowest BCUT2D eigenvalue weighted by Crippen LogP contribution is -2.52. The van der Waals surface area contributed by atoms with Gasteiger partial charge in [-0.1, -0.05) is 69.6 Å². The first kappa shape index (κ1) is 27.4. The van der Waals surface area contributed by atoms with Gasteiger partial charge >= 0.3 is 0 Å². The fourth-order valence-electron chi connectivity index (χ4n) is 2.61. The van der Waals surface area contributed by atoms with E-state index in [2.05, 4.69) is 4.72 Å². The fourth-order valence-corrected chi connectivity index (χ4v) is 4.08. The van der Waals surface area contributed by atoms with Gasteiger partial charge in [-0.2, -0.15) is 0 Å². The molecule has 0 bridgehead atoms. The van der Waals surface area contributed by atoms with E-state index in [-0.39, 0.29) is 37.2 Å². The van der Waals surface area contributed by atoms with Gasteiger partial charge in [-0.3, -0.25) is 14.5 Å². The number of imide groups is 1. The first-order valence-corrected chi connectivity index (χ1v) is 12.3. The second-order valence-electron chi connectivity index (χ2n) is 6.19. The van der Waals surface area contributed by atoms with E-state index < -0.39 is 41.5 Å². The molecular formula is C15H20Cl6N2O5S. The highest BCUT2D eigenvalue weighted by Crippen LogP contribution is 2.36. The first-order chi connectivity index (χ1) is 13.1. The maximum Gasteiger partial charge on any atom is 0.257 e. The number of nitrogens with one attached hydrogen (secondary N) is 1. The Kier molecular flexibility index (Phi) is 10.2. The van der Waals surface area contributed by atoms with Crippen LogP contribution in [0.5, 0.6) is 0 Å². The zero-order valence-electron chi connectivity index (χ0n) is 15.4. The number of carbonyl (C=O) groups is 2. The van der Waals surface area contributed by atoms with Crippen molar-refractivity contribution in [3.63, 3.8) is 0 Å². The van der Waals surface area contributed by atoms with E-state index in [1.165, 1.54) is 14.0 Å². The predicted octanol–water partition coefficient (Wildman–Crippen LogP) is 3.86. The number of halogens is 6. The predicted molar refractivity (Wildman–Crippen MR) is 116 cm³/mol. The first-order valence-electron chi connectivity index (χ1n) is 8.36. The number of amides is 2. The number of ether oxygens (including phenoxy) is 1. The largest absolute Gasteiger partial charge is 0.499 e. The number of carbonyl (C=O) groups excluding carboxylic acids is 2. The molecule has 0 fully saturated rings. The van der Waals surface area contributed by atoms with E-state index in [9.17, 15) is 18.0 Å². The maximum absolute atomic E-state index is 13.1. The van der Waals surface area contributed by atoms with Crippen molar-refractivity contribution in [2.45, 2.75) is 52.3 Å². The second kappa shape index (κ2) is 10.8. The van der Waals surface area contributed by atoms with Gasteiger partial charge in [0.15, 0.2) is 7.59 Å². The average Bonchev–Trinajstić information content (AvgIpc) is 2.90. The topological polar surface area (TPSA) is 92.8 Å². The molecule has 0 aromatic heterocycles. The van der Waals surface area contributed by atoms with Gasteiger partial charge in [0.2, 0.25) is 15.9 Å². The lowest BCUT2D eigenvalue weighted by atomic mass is 10.1. The van der Waals surface area contributed by atoms with Crippen LogP contribution in [0.1, 0.15) is 32.6 Å². The van der Waals surface area contributed by atoms with Gasteiger partial charge in [-0.25, -0.2) is 13.1 Å². The van der Waals surface area contributed by atoms with E-state index in [1.54, 1.807) is 0 Å². The van der Waals surface area contributed by atoms with Crippen molar-refractivity contribution in [1.29, 1.82) is 0 Å². The minimum atomic E-state index is -3.80. The summed E-state index contributed by atoms with van der Waals surface area (Å²) in [6.45, 7) is 1.40. The standard InChI is InChI=1S/C15H20Cl6N2O5S/c1-3-29(26,27)22-9(4-6-14(16,17)18)13(25)23-10(5-7-15(19,20)21)11(28-2)8-12(23)24/h8-10,22H,3-7H2,1-2H3/t9-,10-/m0/s1. The van der Waals surface area contributed by atoms with Gasteiger partial charge in [0.05, 0.1) is 18.9 Å². The molecule has 1 heterocycles. The van der Waals surface area contributed by atoms with Crippen LogP contribution in [0.25, 0.3) is 0 Å². The normalized spacial score (nSPS) is 19.3. The van der Waals surface area contributed by atoms with E-state index in [0.29, 0.717) is 0 Å². The van der Waals surface area contributed by atoms with Crippen LogP contribution in [-0.2, 0) is 24.3 Å². The van der Waals surface area contributed by atoms with Gasteiger partial charge in [-0.05, 0) is 32.6 Å². The number of hydrogen-bond acceptors (Lipinski definition) is 5. The summed E-state index contributed by atoms with van der Waals surface area (Å²) in [5.41, 5.74) is 0. The Labute approximate surface area is 199 Å². The molecule has 0 aromatic rings. The molecule has 0 saturated carbocycles. The monoisotopic (exact) mass is 550 g/mol. The van der Waals surface area contributed by atoms with Gasteiger partial charge in [0, 0.05) is 6.08 Å². The molecule has 14 heteroatoms. The molecule has 1 N–H and O–H groups in total. The third kappa shape index (κ3) is 9.15. The molecule has 0 aromatic carbocycles. The number of methoxy groups -OCH3 is 1. The Morgan fingerprint density at radius 1 is 1.21 bits per heavy atom. The number of alkyl halides is 6. The summed E-state index contributed by atoms with van der Waals surface area (Å²) in [6.07, 6.45) is 0.940. The van der Waals surface area contributed by atoms with Crippen molar-refractivity contribution in [2.75, 3.05) is 12.9 Å². The summed E-state index contributed by atoms with van der Waals surface area (Å²) in [5.74, 6) is -1.60. The summed E-state index contributed by atoms with van der Waals surface area (Å²) in [5, 5.41) is 0. The Balaban J connectivity index is 3.16. The number of nitrogens with zero attached hydrogens (tertiary/aromatic N) is 1. The van der Waals surface area contributed by atoms with Crippen LogP contribution in [-0.4, -0.2) is 57.7 Å². The van der Waals surface area contributed by atoms with Crippen molar-refractivity contribution >= 4 is 91.4 Å². The van der Waals surface area contributed by atoms with Gasteiger partial charge in [-0.15, -0.1) is 0 Å². The summed E-state index contributed by atoms with van der Waals surface area (Å²) in [7, 11) is -2.47. The van der Waals surface area contributed by atoms with Crippen molar-refractivity contribution in [2.24, 2.45) is 0 Å². The smallest absolute Gasteiger partial charge is 0.257 e. The van der Waals surface area contributed by atoms with Crippen molar-refractivity contribution in [3.8, 4) is 0 Å². The molecule has 0 radical (unpaired) electrons. The number of rotatable bonds is 9. The van der Waals surface area contributed by atoms with Crippen LogP contribution in [0.4, 0.5) is 0 Å². The Morgan fingerprint density at radius 3 is 2.21 bits per heavy atom. The van der Waals surface area contributed by atoms with Crippen LogP contribution in [0, 0.1) is 0 Å². The second-order valence-corrected chi connectivity index (χ2v) is 13.3. The molecular weight excluding hydrogens is 533 g/mol. The SMILES string of the molecule is CCS(=O)(=O)N[C@@H](CCC(Cl)(Cl)Cl)C(=O)N1C(=O)C=C(OC)[C@@H]1CCC(Cl)(Cl)Cl. The van der Waals surface area contributed by atoms with E-state index in [1.807, 2.05) is 0 Å². The zero-order valence-corrected chi connectivity index (χ0v) is 20.8. The highest BCUT2D eigenvalue weighted by Gasteiger charge is 2.43. The summed E-state index contributed by atoms with van der Waals surface area (Å²) >= 11 is 34.6. The highest BCUT2D eigenvalue weighted by molar-refractivity contribution is 7.89. The third-order valence-electron chi connectivity index (χ3n) is 4.03. The van der Waals surface area contributed by atoms with Crippen molar-refractivity contribution < 1.29 is 22.7 Å². The Morgan fingerprint density at radius 2 is 1.76 bits per heavy atom. The minimum absolute atomic E-state index is 0.0135. The molecule has 7 nitrogen and oxygen atoms in total. The number of sulfonamides is 1. The lowest BCUT2D eigenvalue weighted by Gasteiger charge is -2.30. The van der Waals surface area contributed by atoms with Gasteiger partial charge in [0.1, 0.15) is 11.8 Å². The fraction of sp³-hybridized carbons (Fsp3) is 0.733. The van der Waals surface area contributed by atoms with Crippen molar-refractivity contribution in [3.05, 3.63) is 11.8 Å². The van der Waals surface area contributed by atoms with Crippen LogP contribution in [0.2, 0.25) is 0 Å². The molecule has 2 atom stereocenters. The molecule has 29 heavy (non-hydrogen) atoms. The van der Waals surface area contributed by atoms with Crippen LogP contribution in [0.15, 0.2) is 11.8 Å². The summed E-state index contributed by atoms with van der Waals surface area (Å²) in [6, 6.07) is -2.20. The van der Waals surface area contributed by atoms with Crippen LogP contribution in [0.3, 0.4) is 0 Å². The molecule has 168 valence electrons. The molecule has 2 amide bonds. The molecule has 1 aliphatic rings. The Bertz CT molecular complexity index is 747. The average molecular weight is 553 g/mol. The van der Waals surface area contributed by atoms with E-state index >= 15 is 0 Å². The molecule has 0 unspecified atom stereocenters. The van der Waals surface area contributed by atoms with Crippen molar-refractivity contribution in [1.82, 2.24) is 9.62 Å². The zero-order chi connectivity index (χ0) is 22.6. The quantitative estimate of drug-likeness (QED) is 0.438. The highest BCUT2D eigenvalue weighted by atomic mass is 35.6. The minimum Gasteiger partial charge on any atom is -0.499 e. The third-order valence-corrected chi connectivity index (χ3v) is 6.57. The molecule has 1 rings (SSSR count). The van der Waals surface area contributed by atoms with E-state index in [4.69, 9.17) is 74.3 Å².